The molecule has 3 N–H and O–H groups in total. The fourth-order valence-corrected chi connectivity index (χ4v) is 5.62. The zero-order valence-corrected chi connectivity index (χ0v) is 27.2. The number of ether oxygens (including phenoxy) is 1. The minimum Gasteiger partial charge on any atom is -0.444 e. The number of thiophene rings is 1. The Morgan fingerprint density at radius 1 is 0.933 bits per heavy atom. The second-order valence-corrected chi connectivity index (χ2v) is 14.0. The van der Waals surface area contributed by atoms with Crippen molar-refractivity contribution in [3.63, 3.8) is 0 Å². The maximum Gasteiger partial charge on any atom is 0.407 e. The van der Waals surface area contributed by atoms with Crippen LogP contribution < -0.4 is 16.0 Å². The van der Waals surface area contributed by atoms with E-state index in [9.17, 15) is 14.4 Å². The first-order chi connectivity index (χ1) is 21.1. The number of carbonyl (C=O) groups excluding carboxylic acids is 3. The lowest BCUT2D eigenvalue weighted by atomic mass is 9.86. The average molecular weight is 628 g/mol. The molecule has 3 heterocycles. The molecule has 11 heteroatoms. The molecule has 5 rings (SSSR count). The molecule has 10 nitrogen and oxygen atoms in total. The van der Waals surface area contributed by atoms with Crippen molar-refractivity contribution in [3.8, 4) is 0 Å². The molecule has 0 spiro atoms. The summed E-state index contributed by atoms with van der Waals surface area (Å²) in [5, 5.41) is 14.3. The first-order valence-corrected chi connectivity index (χ1v) is 15.4. The standard InChI is InChI=1S/C34H37N5O5S/c1-19-13-26(39-44-19)29(40)36-24-10-8-9-20(16-24)27(18-35-32(42)43-34(5,6)7)37-30(41)28-17-22-14-21-15-23(33(2,3)4)11-12-25(21)38-31(22)45-28/h8-17,27H,18H2,1-7H3,(H,35,42)(H,36,40)(H,37,41)/t27-/m0/s1. The molecule has 0 radical (unpaired) electrons. The largest absolute Gasteiger partial charge is 0.444 e. The smallest absolute Gasteiger partial charge is 0.407 e. The molecule has 5 aromatic rings. The summed E-state index contributed by atoms with van der Waals surface area (Å²) in [6.45, 7) is 13.6. The Kier molecular flexibility index (Phi) is 8.66. The molecule has 1 atom stereocenters. The number of aryl methyl sites for hydroxylation is 1. The van der Waals surface area contributed by atoms with Crippen LogP contribution in [0.2, 0.25) is 0 Å². The van der Waals surface area contributed by atoms with E-state index in [1.54, 1.807) is 52.0 Å². The number of fused-ring (bicyclic) bond motifs is 2. The third kappa shape index (κ3) is 7.85. The van der Waals surface area contributed by atoms with Crippen LogP contribution in [0.25, 0.3) is 21.1 Å². The second kappa shape index (κ2) is 12.3. The molecule has 0 aliphatic rings. The number of benzene rings is 2. The number of anilines is 1. The van der Waals surface area contributed by atoms with Crippen LogP contribution in [-0.4, -0.2) is 40.2 Å². The molecule has 0 saturated heterocycles. The number of hydrogen-bond acceptors (Lipinski definition) is 8. The van der Waals surface area contributed by atoms with Crippen molar-refractivity contribution in [1.29, 1.82) is 0 Å². The van der Waals surface area contributed by atoms with E-state index in [0.717, 1.165) is 21.1 Å². The van der Waals surface area contributed by atoms with E-state index < -0.39 is 23.6 Å². The number of pyridine rings is 1. The second-order valence-electron chi connectivity index (χ2n) is 13.0. The molecular formula is C34H37N5O5S. The molecule has 45 heavy (non-hydrogen) atoms. The van der Waals surface area contributed by atoms with E-state index in [2.05, 4.69) is 60.1 Å². The van der Waals surface area contributed by atoms with Crippen molar-refractivity contribution in [2.45, 2.75) is 65.5 Å². The number of nitrogens with one attached hydrogen (secondary N) is 3. The van der Waals surface area contributed by atoms with Crippen molar-refractivity contribution in [2.24, 2.45) is 0 Å². The van der Waals surface area contributed by atoms with E-state index in [-0.39, 0.29) is 23.6 Å². The van der Waals surface area contributed by atoms with Gasteiger partial charge in [-0.05, 0) is 80.6 Å². The number of nitrogens with zero attached hydrogens (tertiary/aromatic N) is 2. The van der Waals surface area contributed by atoms with Gasteiger partial charge in [-0.15, -0.1) is 11.3 Å². The van der Waals surface area contributed by atoms with Gasteiger partial charge in [-0.2, -0.15) is 0 Å². The van der Waals surface area contributed by atoms with Crippen LogP contribution in [0.3, 0.4) is 0 Å². The molecule has 0 unspecified atom stereocenters. The molecule has 3 amide bonds. The molecule has 0 saturated carbocycles. The summed E-state index contributed by atoms with van der Waals surface area (Å²) in [6.07, 6.45) is -0.611. The third-order valence-corrected chi connectivity index (χ3v) is 8.00. The van der Waals surface area contributed by atoms with Gasteiger partial charge >= 0.3 is 6.09 Å². The van der Waals surface area contributed by atoms with Crippen molar-refractivity contribution in [1.82, 2.24) is 20.8 Å². The Morgan fingerprint density at radius 3 is 2.40 bits per heavy atom. The van der Waals surface area contributed by atoms with Gasteiger partial charge < -0.3 is 25.2 Å². The molecule has 0 aliphatic heterocycles. The van der Waals surface area contributed by atoms with Crippen LogP contribution in [0.4, 0.5) is 10.5 Å². The van der Waals surface area contributed by atoms with Gasteiger partial charge in [0.25, 0.3) is 11.8 Å². The summed E-state index contributed by atoms with van der Waals surface area (Å²) >= 11 is 1.30. The van der Waals surface area contributed by atoms with E-state index >= 15 is 0 Å². The van der Waals surface area contributed by atoms with Crippen LogP contribution in [0.15, 0.2) is 65.2 Å². The molecule has 234 valence electrons. The van der Waals surface area contributed by atoms with Gasteiger partial charge in [-0.1, -0.05) is 44.1 Å². The predicted octanol–water partition coefficient (Wildman–Crippen LogP) is 7.29. The maximum atomic E-state index is 13.6. The van der Waals surface area contributed by atoms with Crippen LogP contribution >= 0.6 is 11.3 Å². The minimum atomic E-state index is -0.687. The molecule has 3 aromatic heterocycles. The highest BCUT2D eigenvalue weighted by Crippen LogP contribution is 2.31. The Morgan fingerprint density at radius 2 is 1.71 bits per heavy atom. The van der Waals surface area contributed by atoms with Crippen molar-refractivity contribution < 1.29 is 23.6 Å². The fourth-order valence-electron chi connectivity index (χ4n) is 4.70. The average Bonchev–Trinajstić information content (AvgIpc) is 3.58. The van der Waals surface area contributed by atoms with Gasteiger partial charge in [0.05, 0.1) is 16.4 Å². The minimum absolute atomic E-state index is 0.000477. The fraction of sp³-hybridized carbons (Fsp3) is 0.324. The lowest BCUT2D eigenvalue weighted by Crippen LogP contribution is -2.40. The molecule has 0 aliphatic carbocycles. The van der Waals surface area contributed by atoms with Crippen molar-refractivity contribution in [2.75, 3.05) is 11.9 Å². The Labute approximate surface area is 265 Å². The number of rotatable bonds is 7. The van der Waals surface area contributed by atoms with Gasteiger partial charge in [0.15, 0.2) is 5.69 Å². The number of hydrogen-bond donors (Lipinski definition) is 3. The summed E-state index contributed by atoms with van der Waals surface area (Å²) in [5.74, 6) is -0.235. The van der Waals surface area contributed by atoms with Crippen LogP contribution in [0.5, 0.6) is 0 Å². The highest BCUT2D eigenvalue weighted by molar-refractivity contribution is 7.20. The van der Waals surface area contributed by atoms with Crippen molar-refractivity contribution in [3.05, 3.63) is 88.1 Å². The van der Waals surface area contributed by atoms with E-state index in [0.29, 0.717) is 21.9 Å². The van der Waals surface area contributed by atoms with Crippen LogP contribution in [0.1, 0.15) is 84.6 Å². The summed E-state index contributed by atoms with van der Waals surface area (Å²) < 4.78 is 10.4. The Balaban J connectivity index is 1.40. The van der Waals surface area contributed by atoms with E-state index in [4.69, 9.17) is 14.2 Å². The lowest BCUT2D eigenvalue weighted by Gasteiger charge is -2.23. The van der Waals surface area contributed by atoms with Gasteiger partial charge in [0.2, 0.25) is 0 Å². The highest BCUT2D eigenvalue weighted by atomic mass is 32.1. The van der Waals surface area contributed by atoms with E-state index in [1.807, 2.05) is 18.2 Å². The summed E-state index contributed by atoms with van der Waals surface area (Å²) in [4.78, 5) is 44.9. The molecule has 0 fully saturated rings. The van der Waals surface area contributed by atoms with Gasteiger partial charge in [0, 0.05) is 29.1 Å². The zero-order chi connectivity index (χ0) is 32.5. The van der Waals surface area contributed by atoms with Crippen LogP contribution in [0, 0.1) is 6.92 Å². The topological polar surface area (TPSA) is 135 Å². The Bertz CT molecular complexity index is 1900. The first kappa shape index (κ1) is 31.6. The summed E-state index contributed by atoms with van der Waals surface area (Å²) in [5.41, 5.74) is 2.68. The SMILES string of the molecule is Cc1cc(C(=O)Nc2cccc([C@H](CNC(=O)OC(C)(C)C)NC(=O)c3cc4cc5cc(C(C)(C)C)ccc5nc4s3)c2)no1. The molecular weight excluding hydrogens is 590 g/mol. The quantitative estimate of drug-likeness (QED) is 0.172. The number of amides is 3. The van der Waals surface area contributed by atoms with E-state index in [1.165, 1.54) is 16.9 Å². The predicted molar refractivity (Wildman–Crippen MR) is 176 cm³/mol. The summed E-state index contributed by atoms with van der Waals surface area (Å²) in [6, 6.07) is 18.1. The zero-order valence-electron chi connectivity index (χ0n) is 26.4. The van der Waals surface area contributed by atoms with Crippen LogP contribution in [-0.2, 0) is 10.2 Å². The molecule has 0 bridgehead atoms. The van der Waals surface area contributed by atoms with Gasteiger partial charge in [0.1, 0.15) is 16.2 Å². The molecule has 2 aromatic carbocycles. The lowest BCUT2D eigenvalue weighted by molar-refractivity contribution is 0.0519. The number of alkyl carbamates (subject to hydrolysis) is 1. The Hall–Kier alpha value is -4.77. The number of carbonyl (C=O) groups is 3. The normalized spacial score (nSPS) is 12.6. The van der Waals surface area contributed by atoms with Gasteiger partial charge in [-0.25, -0.2) is 9.78 Å². The summed E-state index contributed by atoms with van der Waals surface area (Å²) in [7, 11) is 0. The maximum absolute atomic E-state index is 13.6. The first-order valence-electron chi connectivity index (χ1n) is 14.6. The third-order valence-electron chi connectivity index (χ3n) is 6.95. The highest BCUT2D eigenvalue weighted by Gasteiger charge is 2.23. The van der Waals surface area contributed by atoms with Crippen molar-refractivity contribution >= 4 is 56.1 Å². The van der Waals surface area contributed by atoms with Gasteiger partial charge in [-0.3, -0.25) is 9.59 Å². The number of aromatic nitrogens is 2. The monoisotopic (exact) mass is 627 g/mol.